The number of halogens is 1. The maximum atomic E-state index is 13.4. The van der Waals surface area contributed by atoms with E-state index in [0.29, 0.717) is 13.0 Å². The first-order valence-electron chi connectivity index (χ1n) is 5.51. The summed E-state index contributed by atoms with van der Waals surface area (Å²) >= 11 is 0. The fourth-order valence-electron chi connectivity index (χ4n) is 1.38. The second-order valence-corrected chi connectivity index (χ2v) is 5.52. The molecule has 1 rings (SSSR count). The van der Waals surface area contributed by atoms with Gasteiger partial charge in [-0.25, -0.2) is 17.5 Å². The van der Waals surface area contributed by atoms with Gasteiger partial charge in [-0.1, -0.05) is 0 Å². The van der Waals surface area contributed by atoms with Gasteiger partial charge in [0.2, 0.25) is 10.0 Å². The molecule has 0 heterocycles. The Balaban J connectivity index is 2.66. The molecular weight excluding hydrogens is 259 g/mol. The largest absolute Gasteiger partial charge is 0.399 e. The Morgan fingerprint density at radius 2 is 2.11 bits per heavy atom. The molecule has 18 heavy (non-hydrogen) atoms. The topological polar surface area (TPSA) is 81.4 Å². The van der Waals surface area contributed by atoms with Gasteiger partial charge in [0.05, 0.1) is 0 Å². The highest BCUT2D eigenvalue weighted by Gasteiger charge is 2.18. The molecule has 0 radical (unpaired) electrons. The molecule has 0 fully saturated rings. The summed E-state index contributed by atoms with van der Waals surface area (Å²) in [5.41, 5.74) is 5.65. The highest BCUT2D eigenvalue weighted by Crippen LogP contribution is 2.17. The lowest BCUT2D eigenvalue weighted by Gasteiger charge is -2.08. The Labute approximate surface area is 106 Å². The Morgan fingerprint density at radius 1 is 1.39 bits per heavy atom. The quantitative estimate of drug-likeness (QED) is 0.577. The van der Waals surface area contributed by atoms with Crippen molar-refractivity contribution in [3.63, 3.8) is 0 Å². The van der Waals surface area contributed by atoms with E-state index in [-0.39, 0.29) is 12.2 Å². The number of hydrogen-bond acceptors (Lipinski definition) is 4. The molecule has 0 saturated heterocycles. The second kappa shape index (κ2) is 6.67. The fraction of sp³-hybridized carbons (Fsp3) is 0.455. The van der Waals surface area contributed by atoms with Gasteiger partial charge in [-0.3, -0.25) is 0 Å². The molecule has 0 saturated carbocycles. The van der Waals surface area contributed by atoms with Crippen molar-refractivity contribution in [2.75, 3.05) is 26.0 Å². The van der Waals surface area contributed by atoms with Crippen molar-refractivity contribution in [1.29, 1.82) is 0 Å². The average molecular weight is 276 g/mol. The Hall–Kier alpha value is -1.18. The van der Waals surface area contributed by atoms with E-state index < -0.39 is 20.7 Å². The van der Waals surface area contributed by atoms with Gasteiger partial charge in [0.1, 0.15) is 10.7 Å². The molecule has 0 aliphatic heterocycles. The van der Waals surface area contributed by atoms with Crippen molar-refractivity contribution < 1.29 is 17.5 Å². The molecule has 0 bridgehead atoms. The third-order valence-electron chi connectivity index (χ3n) is 2.31. The van der Waals surface area contributed by atoms with E-state index in [2.05, 4.69) is 4.72 Å². The summed E-state index contributed by atoms with van der Waals surface area (Å²) in [5, 5.41) is 0. The third kappa shape index (κ3) is 4.25. The SMILES string of the molecule is COCCCCNS(=O)(=O)c1cc(N)ccc1F. The van der Waals surface area contributed by atoms with E-state index in [1.54, 1.807) is 7.11 Å². The number of ether oxygens (including phenoxy) is 1. The van der Waals surface area contributed by atoms with E-state index in [9.17, 15) is 12.8 Å². The minimum atomic E-state index is -3.85. The Bertz CT molecular complexity index is 491. The van der Waals surface area contributed by atoms with Crippen LogP contribution in [0, 0.1) is 5.82 Å². The van der Waals surface area contributed by atoms with Crippen LogP contribution in [0.25, 0.3) is 0 Å². The standard InChI is InChI=1S/C11H17FN2O3S/c1-17-7-3-2-6-14-18(15,16)11-8-9(13)4-5-10(11)12/h4-5,8,14H,2-3,6-7,13H2,1H3. The number of rotatable bonds is 7. The number of nitrogen functional groups attached to an aromatic ring is 1. The van der Waals surface area contributed by atoms with Crippen molar-refractivity contribution in [3.05, 3.63) is 24.0 Å². The van der Waals surface area contributed by atoms with Crippen molar-refractivity contribution in [3.8, 4) is 0 Å². The predicted molar refractivity (Wildman–Crippen MR) is 67.1 cm³/mol. The number of hydrogen-bond donors (Lipinski definition) is 2. The summed E-state index contributed by atoms with van der Waals surface area (Å²) in [7, 11) is -2.27. The molecule has 0 spiro atoms. The first-order chi connectivity index (χ1) is 8.47. The second-order valence-electron chi connectivity index (χ2n) is 3.79. The zero-order valence-corrected chi connectivity index (χ0v) is 11.0. The van der Waals surface area contributed by atoms with Crippen LogP contribution in [0.5, 0.6) is 0 Å². The van der Waals surface area contributed by atoms with E-state index in [4.69, 9.17) is 10.5 Å². The molecule has 0 aliphatic carbocycles. The van der Waals surface area contributed by atoms with Crippen LogP contribution in [0.3, 0.4) is 0 Å². The van der Waals surface area contributed by atoms with Gasteiger partial charge >= 0.3 is 0 Å². The minimum absolute atomic E-state index is 0.205. The van der Waals surface area contributed by atoms with Crippen LogP contribution in [0.1, 0.15) is 12.8 Å². The van der Waals surface area contributed by atoms with E-state index in [1.807, 2.05) is 0 Å². The average Bonchev–Trinajstić information content (AvgIpc) is 2.32. The summed E-state index contributed by atoms with van der Waals surface area (Å²) in [6, 6.07) is 3.45. The summed E-state index contributed by atoms with van der Waals surface area (Å²) in [5.74, 6) is -0.811. The molecule has 102 valence electrons. The van der Waals surface area contributed by atoms with Crippen molar-refractivity contribution in [2.24, 2.45) is 0 Å². The molecule has 0 atom stereocenters. The lowest BCUT2D eigenvalue weighted by atomic mass is 10.3. The van der Waals surface area contributed by atoms with Crippen molar-refractivity contribution in [2.45, 2.75) is 17.7 Å². The van der Waals surface area contributed by atoms with Gasteiger partial charge in [0, 0.05) is 25.9 Å². The van der Waals surface area contributed by atoms with Gasteiger partial charge in [0.15, 0.2) is 0 Å². The molecule has 0 aromatic heterocycles. The van der Waals surface area contributed by atoms with E-state index in [1.165, 1.54) is 6.07 Å². The maximum Gasteiger partial charge on any atom is 0.243 e. The van der Waals surface area contributed by atoms with Gasteiger partial charge in [-0.2, -0.15) is 0 Å². The first kappa shape index (κ1) is 14.9. The number of methoxy groups -OCH3 is 1. The number of benzene rings is 1. The minimum Gasteiger partial charge on any atom is -0.399 e. The molecule has 5 nitrogen and oxygen atoms in total. The number of sulfonamides is 1. The van der Waals surface area contributed by atoms with Gasteiger partial charge in [-0.15, -0.1) is 0 Å². The summed E-state index contributed by atoms with van der Waals surface area (Å²) in [4.78, 5) is -0.422. The van der Waals surface area contributed by atoms with E-state index in [0.717, 1.165) is 18.6 Å². The summed E-state index contributed by atoms with van der Waals surface area (Å²) in [6.07, 6.45) is 1.36. The number of unbranched alkanes of at least 4 members (excludes halogenated alkanes) is 1. The molecule has 0 amide bonds. The maximum absolute atomic E-state index is 13.4. The molecule has 0 aliphatic rings. The zero-order valence-electron chi connectivity index (χ0n) is 10.1. The van der Waals surface area contributed by atoms with E-state index >= 15 is 0 Å². The molecule has 3 N–H and O–H groups in total. The molecule has 1 aromatic carbocycles. The summed E-state index contributed by atoms with van der Waals surface area (Å²) in [6.45, 7) is 0.800. The molecule has 7 heteroatoms. The van der Waals surface area contributed by atoms with Crippen LogP contribution in [0.4, 0.5) is 10.1 Å². The van der Waals surface area contributed by atoms with Crippen molar-refractivity contribution >= 4 is 15.7 Å². The lowest BCUT2D eigenvalue weighted by Crippen LogP contribution is -2.26. The van der Waals surface area contributed by atoms with Gasteiger partial charge in [0.25, 0.3) is 0 Å². The zero-order chi connectivity index (χ0) is 13.6. The van der Waals surface area contributed by atoms with Crippen LogP contribution >= 0.6 is 0 Å². The number of nitrogens with one attached hydrogen (secondary N) is 1. The van der Waals surface area contributed by atoms with Crippen molar-refractivity contribution in [1.82, 2.24) is 4.72 Å². The van der Waals surface area contributed by atoms with Crippen LogP contribution in [0.15, 0.2) is 23.1 Å². The molecular formula is C11H17FN2O3S. The molecule has 1 aromatic rings. The van der Waals surface area contributed by atoms with Crippen LogP contribution in [-0.4, -0.2) is 28.7 Å². The van der Waals surface area contributed by atoms with Gasteiger partial charge in [-0.05, 0) is 31.0 Å². The normalized spacial score (nSPS) is 11.7. The number of anilines is 1. The first-order valence-corrected chi connectivity index (χ1v) is 6.99. The van der Waals surface area contributed by atoms with Crippen LogP contribution in [-0.2, 0) is 14.8 Å². The third-order valence-corrected chi connectivity index (χ3v) is 3.79. The Morgan fingerprint density at radius 3 is 2.78 bits per heavy atom. The Kier molecular flexibility index (Phi) is 5.52. The summed E-state index contributed by atoms with van der Waals surface area (Å²) < 4.78 is 44.2. The van der Waals surface area contributed by atoms with Crippen LogP contribution in [0.2, 0.25) is 0 Å². The highest BCUT2D eigenvalue weighted by atomic mass is 32.2. The lowest BCUT2D eigenvalue weighted by molar-refractivity contribution is 0.193. The number of nitrogens with two attached hydrogens (primary N) is 1. The molecule has 0 unspecified atom stereocenters. The fourth-order valence-corrected chi connectivity index (χ4v) is 2.57. The van der Waals surface area contributed by atoms with Gasteiger partial charge < -0.3 is 10.5 Å². The smallest absolute Gasteiger partial charge is 0.243 e. The predicted octanol–water partition coefficient (Wildman–Crippen LogP) is 1.11. The van der Waals surface area contributed by atoms with Crippen LogP contribution < -0.4 is 10.5 Å². The monoisotopic (exact) mass is 276 g/mol. The highest BCUT2D eigenvalue weighted by molar-refractivity contribution is 7.89.